The second kappa shape index (κ2) is 5.10. The van der Waals surface area contributed by atoms with E-state index in [2.05, 4.69) is 4.74 Å². The first-order chi connectivity index (χ1) is 5.45. The number of carbonyl (C=O) groups excluding carboxylic acids is 1. The normalized spacial score (nSPS) is 11.7. The zero-order chi connectivity index (χ0) is 9.61. The Kier molecular flexibility index (Phi) is 4.84. The molecular formula is C6H10F3NO2. The number of ether oxygens (including phenoxy) is 1. The Balaban J connectivity index is 3.37. The Morgan fingerprint density at radius 1 is 1.50 bits per heavy atom. The lowest BCUT2D eigenvalue weighted by atomic mass is 10.4. The number of hydrogen-bond acceptors (Lipinski definition) is 3. The van der Waals surface area contributed by atoms with Gasteiger partial charge in [-0.15, -0.1) is 0 Å². The number of halogens is 3. The van der Waals surface area contributed by atoms with Crippen LogP contribution in [-0.2, 0) is 9.53 Å². The molecule has 0 bridgehead atoms. The molecule has 0 atom stereocenters. The van der Waals surface area contributed by atoms with Crippen LogP contribution in [0.5, 0.6) is 0 Å². The van der Waals surface area contributed by atoms with Crippen molar-refractivity contribution in [2.75, 3.05) is 26.8 Å². The van der Waals surface area contributed by atoms with Gasteiger partial charge >= 0.3 is 6.18 Å². The van der Waals surface area contributed by atoms with Gasteiger partial charge in [-0.25, -0.2) is 0 Å². The Morgan fingerprint density at radius 3 is 2.50 bits per heavy atom. The summed E-state index contributed by atoms with van der Waals surface area (Å²) in [5, 5.41) is 1.96. The summed E-state index contributed by atoms with van der Waals surface area (Å²) in [5.74, 6) is -0.401. The fourth-order valence-electron chi connectivity index (χ4n) is 0.556. The molecule has 0 aromatic rings. The van der Waals surface area contributed by atoms with Crippen LogP contribution in [0.4, 0.5) is 13.2 Å². The molecule has 0 radical (unpaired) electrons. The summed E-state index contributed by atoms with van der Waals surface area (Å²) in [6, 6.07) is 0. The molecule has 0 aromatic heterocycles. The lowest BCUT2D eigenvalue weighted by molar-refractivity contribution is -0.129. The molecule has 0 aromatic carbocycles. The van der Waals surface area contributed by atoms with Crippen molar-refractivity contribution in [1.29, 1.82) is 0 Å². The van der Waals surface area contributed by atoms with Crippen molar-refractivity contribution in [3.63, 3.8) is 0 Å². The van der Waals surface area contributed by atoms with Crippen LogP contribution in [0.1, 0.15) is 0 Å². The summed E-state index contributed by atoms with van der Waals surface area (Å²) >= 11 is 0. The molecule has 6 heteroatoms. The maximum Gasteiger partial charge on any atom is 0.401 e. The molecule has 3 nitrogen and oxygen atoms in total. The Hall–Kier alpha value is -0.620. The molecule has 0 unspecified atom stereocenters. The number of methoxy groups -OCH3 is 1. The number of alkyl halides is 3. The maximum absolute atomic E-state index is 11.5. The molecular weight excluding hydrogens is 175 g/mol. The number of hydrogen-bond donors (Lipinski definition) is 1. The van der Waals surface area contributed by atoms with Crippen molar-refractivity contribution in [2.24, 2.45) is 0 Å². The number of carbonyl (C=O) groups is 1. The number of Topliss-reactive ketones (excluding diaryl/α,β-unsaturated/α-hetero) is 1. The van der Waals surface area contributed by atoms with Crippen molar-refractivity contribution >= 4 is 5.78 Å². The molecule has 0 heterocycles. The van der Waals surface area contributed by atoms with Crippen molar-refractivity contribution in [2.45, 2.75) is 6.18 Å². The summed E-state index contributed by atoms with van der Waals surface area (Å²) in [5.41, 5.74) is 0. The third-order valence-electron chi connectivity index (χ3n) is 0.953. The maximum atomic E-state index is 11.5. The SMILES string of the molecule is COCC(=O)CNCC(F)(F)F. The predicted molar refractivity (Wildman–Crippen MR) is 35.8 cm³/mol. The Morgan fingerprint density at radius 2 is 2.08 bits per heavy atom. The van der Waals surface area contributed by atoms with Crippen LogP contribution in [0.3, 0.4) is 0 Å². The highest BCUT2D eigenvalue weighted by atomic mass is 19.4. The molecule has 12 heavy (non-hydrogen) atoms. The fourth-order valence-corrected chi connectivity index (χ4v) is 0.556. The van der Waals surface area contributed by atoms with E-state index in [1.165, 1.54) is 7.11 Å². The van der Waals surface area contributed by atoms with Crippen molar-refractivity contribution in [3.05, 3.63) is 0 Å². The van der Waals surface area contributed by atoms with E-state index in [1.54, 1.807) is 0 Å². The minimum absolute atomic E-state index is 0.162. The zero-order valence-electron chi connectivity index (χ0n) is 6.57. The standard InChI is InChI=1S/C6H10F3NO2/c1-12-3-5(11)2-10-4-6(7,8)9/h10H,2-4H2,1H3. The first-order valence-electron chi connectivity index (χ1n) is 3.24. The topological polar surface area (TPSA) is 38.3 Å². The monoisotopic (exact) mass is 185 g/mol. The predicted octanol–water partition coefficient (Wildman–Crippen LogP) is 0.354. The van der Waals surface area contributed by atoms with Crippen molar-refractivity contribution < 1.29 is 22.7 Å². The summed E-state index contributed by atoms with van der Waals surface area (Å²) in [6.45, 7) is -1.62. The average Bonchev–Trinajstić information content (AvgIpc) is 1.84. The van der Waals surface area contributed by atoms with Crippen LogP contribution in [-0.4, -0.2) is 38.8 Å². The first-order valence-corrected chi connectivity index (χ1v) is 3.24. The van der Waals surface area contributed by atoms with Crippen LogP contribution in [0.25, 0.3) is 0 Å². The Labute approximate surface area is 67.9 Å². The van der Waals surface area contributed by atoms with E-state index in [0.29, 0.717) is 0 Å². The first kappa shape index (κ1) is 11.4. The molecule has 0 saturated carbocycles. The third kappa shape index (κ3) is 7.49. The van der Waals surface area contributed by atoms with E-state index < -0.39 is 18.5 Å². The molecule has 0 amide bonds. The van der Waals surface area contributed by atoms with Crippen molar-refractivity contribution in [3.8, 4) is 0 Å². The second-order valence-corrected chi connectivity index (χ2v) is 2.19. The highest BCUT2D eigenvalue weighted by molar-refractivity contribution is 5.81. The molecule has 72 valence electrons. The molecule has 0 saturated heterocycles. The largest absolute Gasteiger partial charge is 0.401 e. The molecule has 0 spiro atoms. The number of nitrogens with one attached hydrogen (secondary N) is 1. The lowest BCUT2D eigenvalue weighted by Crippen LogP contribution is -2.33. The van der Waals surface area contributed by atoms with Crippen LogP contribution in [0.15, 0.2) is 0 Å². The quantitative estimate of drug-likeness (QED) is 0.671. The summed E-state index contributed by atoms with van der Waals surface area (Å²) in [4.78, 5) is 10.6. The lowest BCUT2D eigenvalue weighted by Gasteiger charge is -2.06. The highest BCUT2D eigenvalue weighted by Crippen LogP contribution is 2.11. The van der Waals surface area contributed by atoms with Gasteiger partial charge in [-0.1, -0.05) is 0 Å². The van der Waals surface area contributed by atoms with E-state index in [0.717, 1.165) is 0 Å². The van der Waals surface area contributed by atoms with E-state index in [-0.39, 0.29) is 13.2 Å². The third-order valence-corrected chi connectivity index (χ3v) is 0.953. The van der Waals surface area contributed by atoms with Gasteiger partial charge in [-0.05, 0) is 0 Å². The molecule has 1 N–H and O–H groups in total. The van der Waals surface area contributed by atoms with E-state index in [1.807, 2.05) is 5.32 Å². The van der Waals surface area contributed by atoms with Crippen LogP contribution < -0.4 is 5.32 Å². The van der Waals surface area contributed by atoms with Gasteiger partial charge in [0.15, 0.2) is 5.78 Å². The molecule has 0 fully saturated rings. The van der Waals surface area contributed by atoms with Crippen LogP contribution >= 0.6 is 0 Å². The van der Waals surface area contributed by atoms with Gasteiger partial charge < -0.3 is 10.1 Å². The van der Waals surface area contributed by atoms with E-state index in [4.69, 9.17) is 0 Å². The summed E-state index contributed by atoms with van der Waals surface area (Å²) < 4.78 is 38.9. The highest BCUT2D eigenvalue weighted by Gasteiger charge is 2.26. The minimum atomic E-state index is -4.27. The van der Waals surface area contributed by atoms with Crippen molar-refractivity contribution in [1.82, 2.24) is 5.32 Å². The van der Waals surface area contributed by atoms with Crippen LogP contribution in [0, 0.1) is 0 Å². The van der Waals surface area contributed by atoms with Gasteiger partial charge in [0.25, 0.3) is 0 Å². The average molecular weight is 185 g/mol. The molecule has 0 aliphatic heterocycles. The van der Waals surface area contributed by atoms with Gasteiger partial charge in [-0.2, -0.15) is 13.2 Å². The second-order valence-electron chi connectivity index (χ2n) is 2.19. The Bertz CT molecular complexity index is 146. The van der Waals surface area contributed by atoms with Crippen LogP contribution in [0.2, 0.25) is 0 Å². The smallest absolute Gasteiger partial charge is 0.377 e. The molecule has 0 aliphatic rings. The zero-order valence-corrected chi connectivity index (χ0v) is 6.57. The molecule has 0 rings (SSSR count). The van der Waals surface area contributed by atoms with Gasteiger partial charge in [-0.3, -0.25) is 4.79 Å². The summed E-state index contributed by atoms with van der Waals surface area (Å²) in [6.07, 6.45) is -4.27. The fraction of sp³-hybridized carbons (Fsp3) is 0.833. The summed E-state index contributed by atoms with van der Waals surface area (Å²) in [7, 11) is 1.31. The van der Waals surface area contributed by atoms with E-state index in [9.17, 15) is 18.0 Å². The van der Waals surface area contributed by atoms with Gasteiger partial charge in [0.2, 0.25) is 0 Å². The van der Waals surface area contributed by atoms with E-state index >= 15 is 0 Å². The molecule has 0 aliphatic carbocycles. The number of rotatable bonds is 5. The van der Waals surface area contributed by atoms with Gasteiger partial charge in [0, 0.05) is 7.11 Å². The van der Waals surface area contributed by atoms with Gasteiger partial charge in [0.05, 0.1) is 13.1 Å². The van der Waals surface area contributed by atoms with Gasteiger partial charge in [0.1, 0.15) is 6.61 Å². The number of ketones is 1. The minimum Gasteiger partial charge on any atom is -0.377 e.